The van der Waals surface area contributed by atoms with Crippen molar-refractivity contribution in [3.8, 4) is 0 Å². The Morgan fingerprint density at radius 3 is 2.61 bits per heavy atom. The minimum Gasteiger partial charge on any atom is -0.391 e. The molecule has 0 bridgehead atoms. The molecule has 1 amide bonds. The summed E-state index contributed by atoms with van der Waals surface area (Å²) < 4.78 is 2.15. The molecule has 2 aromatic carbocycles. The molecule has 2 heterocycles. The molecule has 1 saturated carbocycles. The van der Waals surface area contributed by atoms with Crippen molar-refractivity contribution in [2.24, 2.45) is 11.8 Å². The summed E-state index contributed by atoms with van der Waals surface area (Å²) >= 11 is 0. The Kier molecular flexibility index (Phi) is 5.74. The lowest BCUT2D eigenvalue weighted by atomic mass is 9.77. The van der Waals surface area contributed by atoms with Crippen LogP contribution in [-0.4, -0.2) is 57.7 Å². The van der Waals surface area contributed by atoms with E-state index < -0.39 is 0 Å². The van der Waals surface area contributed by atoms with Crippen LogP contribution in [-0.2, 0) is 11.2 Å². The van der Waals surface area contributed by atoms with E-state index in [4.69, 9.17) is 0 Å². The number of rotatable bonds is 6. The topological polar surface area (TPSA) is 70.4 Å². The second kappa shape index (κ2) is 8.81. The first kappa shape index (κ1) is 20.2. The molecule has 2 N–H and O–H groups in total. The Balaban J connectivity index is 1.16. The van der Waals surface area contributed by atoms with Crippen molar-refractivity contribution in [3.05, 3.63) is 66.5 Å². The molecule has 0 unspecified atom stereocenters. The third kappa shape index (κ3) is 4.36. The average Bonchev–Trinajstić information content (AvgIpc) is 3.37. The van der Waals surface area contributed by atoms with E-state index >= 15 is 0 Å². The maximum Gasteiger partial charge on any atom is 0.234 e. The van der Waals surface area contributed by atoms with Gasteiger partial charge in [0.2, 0.25) is 5.91 Å². The highest BCUT2D eigenvalue weighted by molar-refractivity contribution is 5.78. The number of nitrogens with one attached hydrogen (secondary N) is 1. The summed E-state index contributed by atoms with van der Waals surface area (Å²) in [6, 6.07) is 18.4. The standard InChI is InChI=1S/C25H30N4O2/c30-24-13-20-15-28(16-25(31)26-11-10-18-6-2-1-3-7-18)14-19(20)12-23(24)29-17-27-21-8-4-5-9-22(21)29/h1-9,17,19-20,23-24,30H,10-16H2,(H,26,31)/t19-,20+,23-,24-/m1/s1. The normalized spacial score (nSPS) is 26.1. The average molecular weight is 419 g/mol. The number of hydrogen-bond donors (Lipinski definition) is 2. The summed E-state index contributed by atoms with van der Waals surface area (Å²) in [6.45, 7) is 2.92. The highest BCUT2D eigenvalue weighted by Gasteiger charge is 2.42. The van der Waals surface area contributed by atoms with Gasteiger partial charge in [-0.25, -0.2) is 4.98 Å². The largest absolute Gasteiger partial charge is 0.391 e. The number of aromatic nitrogens is 2. The summed E-state index contributed by atoms with van der Waals surface area (Å²) in [4.78, 5) is 19.2. The molecule has 6 nitrogen and oxygen atoms in total. The van der Waals surface area contributed by atoms with E-state index in [1.54, 1.807) is 0 Å². The van der Waals surface area contributed by atoms with Gasteiger partial charge in [-0.3, -0.25) is 9.69 Å². The monoisotopic (exact) mass is 418 g/mol. The Hall–Kier alpha value is -2.70. The number of benzene rings is 2. The fourth-order valence-corrected chi connectivity index (χ4v) is 5.43. The number of hydrogen-bond acceptors (Lipinski definition) is 4. The number of carbonyl (C=O) groups is 1. The van der Waals surface area contributed by atoms with Gasteiger partial charge in [0.15, 0.2) is 0 Å². The summed E-state index contributed by atoms with van der Waals surface area (Å²) in [6.07, 6.45) is 4.06. The molecule has 2 fully saturated rings. The zero-order valence-electron chi connectivity index (χ0n) is 17.7. The van der Waals surface area contributed by atoms with Crippen molar-refractivity contribution in [1.29, 1.82) is 0 Å². The highest BCUT2D eigenvalue weighted by Crippen LogP contribution is 2.42. The molecule has 4 atom stereocenters. The Labute approximate surface area is 182 Å². The van der Waals surface area contributed by atoms with Gasteiger partial charge in [0.05, 0.1) is 36.1 Å². The number of amides is 1. The van der Waals surface area contributed by atoms with Crippen molar-refractivity contribution in [2.45, 2.75) is 31.4 Å². The molecule has 0 spiro atoms. The van der Waals surface area contributed by atoms with E-state index in [0.717, 1.165) is 43.4 Å². The molecule has 1 aromatic heterocycles. The van der Waals surface area contributed by atoms with Crippen molar-refractivity contribution in [3.63, 3.8) is 0 Å². The Morgan fingerprint density at radius 2 is 1.77 bits per heavy atom. The van der Waals surface area contributed by atoms with Gasteiger partial charge in [0.1, 0.15) is 0 Å². The zero-order valence-corrected chi connectivity index (χ0v) is 17.7. The molecular formula is C25H30N4O2. The molecule has 1 aliphatic heterocycles. The third-order valence-electron chi connectivity index (χ3n) is 6.97. The second-order valence-electron chi connectivity index (χ2n) is 9.05. The van der Waals surface area contributed by atoms with E-state index in [2.05, 4.69) is 38.0 Å². The summed E-state index contributed by atoms with van der Waals surface area (Å²) in [7, 11) is 0. The van der Waals surface area contributed by atoms with Gasteiger partial charge >= 0.3 is 0 Å². The molecule has 5 rings (SSSR count). The number of aliphatic hydroxyl groups is 1. The van der Waals surface area contributed by atoms with Gasteiger partial charge in [-0.15, -0.1) is 0 Å². The van der Waals surface area contributed by atoms with Gasteiger partial charge in [-0.2, -0.15) is 0 Å². The number of para-hydroxylation sites is 2. The number of nitrogens with zero attached hydrogens (tertiary/aromatic N) is 3. The number of aliphatic hydroxyl groups excluding tert-OH is 1. The molecule has 6 heteroatoms. The van der Waals surface area contributed by atoms with Gasteiger partial charge < -0.3 is 15.0 Å². The Bertz CT molecular complexity index is 1030. The molecule has 31 heavy (non-hydrogen) atoms. The van der Waals surface area contributed by atoms with Crippen molar-refractivity contribution in [2.75, 3.05) is 26.2 Å². The molecule has 3 aromatic rings. The lowest BCUT2D eigenvalue weighted by molar-refractivity contribution is -0.122. The van der Waals surface area contributed by atoms with Crippen LogP contribution in [0.2, 0.25) is 0 Å². The first-order valence-corrected chi connectivity index (χ1v) is 11.3. The highest BCUT2D eigenvalue weighted by atomic mass is 16.3. The van der Waals surface area contributed by atoms with Crippen LogP contribution >= 0.6 is 0 Å². The van der Waals surface area contributed by atoms with Gasteiger partial charge in [-0.05, 0) is 48.8 Å². The lowest BCUT2D eigenvalue weighted by Gasteiger charge is -2.36. The number of likely N-dealkylation sites (tertiary alicyclic amines) is 1. The second-order valence-corrected chi connectivity index (χ2v) is 9.05. The molecule has 2 aliphatic rings. The van der Waals surface area contributed by atoms with Crippen LogP contribution in [0.25, 0.3) is 11.0 Å². The number of carbonyl (C=O) groups excluding carboxylic acids is 1. The minimum atomic E-state index is -0.376. The van der Waals surface area contributed by atoms with Gasteiger partial charge in [0.25, 0.3) is 0 Å². The van der Waals surface area contributed by atoms with E-state index in [9.17, 15) is 9.90 Å². The van der Waals surface area contributed by atoms with Crippen LogP contribution in [0.15, 0.2) is 60.9 Å². The smallest absolute Gasteiger partial charge is 0.234 e. The third-order valence-corrected chi connectivity index (χ3v) is 6.97. The molecule has 1 saturated heterocycles. The van der Waals surface area contributed by atoms with E-state index in [1.807, 2.05) is 42.7 Å². The van der Waals surface area contributed by atoms with Crippen LogP contribution in [0, 0.1) is 11.8 Å². The molecule has 1 aliphatic carbocycles. The first-order valence-electron chi connectivity index (χ1n) is 11.3. The quantitative estimate of drug-likeness (QED) is 0.646. The molecular weight excluding hydrogens is 388 g/mol. The molecule has 0 radical (unpaired) electrons. The van der Waals surface area contributed by atoms with Crippen LogP contribution in [0.4, 0.5) is 0 Å². The maximum absolute atomic E-state index is 12.4. The fourth-order valence-electron chi connectivity index (χ4n) is 5.43. The predicted molar refractivity (Wildman–Crippen MR) is 121 cm³/mol. The van der Waals surface area contributed by atoms with Crippen molar-refractivity contribution >= 4 is 16.9 Å². The van der Waals surface area contributed by atoms with Crippen LogP contribution in [0.3, 0.4) is 0 Å². The summed E-state index contributed by atoms with van der Waals surface area (Å²) in [5.41, 5.74) is 3.29. The van der Waals surface area contributed by atoms with Crippen molar-refractivity contribution < 1.29 is 9.90 Å². The predicted octanol–water partition coefficient (Wildman–Crippen LogP) is 2.64. The zero-order chi connectivity index (χ0) is 21.2. The van der Waals surface area contributed by atoms with E-state index in [1.165, 1.54) is 5.56 Å². The van der Waals surface area contributed by atoms with E-state index in [-0.39, 0.29) is 18.1 Å². The van der Waals surface area contributed by atoms with Crippen LogP contribution in [0.1, 0.15) is 24.4 Å². The van der Waals surface area contributed by atoms with E-state index in [0.29, 0.717) is 24.9 Å². The Morgan fingerprint density at radius 1 is 1.03 bits per heavy atom. The van der Waals surface area contributed by atoms with Crippen LogP contribution in [0.5, 0.6) is 0 Å². The number of fused-ring (bicyclic) bond motifs is 2. The summed E-state index contributed by atoms with van der Waals surface area (Å²) in [5, 5.41) is 14.0. The lowest BCUT2D eigenvalue weighted by Crippen LogP contribution is -2.37. The van der Waals surface area contributed by atoms with Gasteiger partial charge in [0, 0.05) is 19.6 Å². The summed E-state index contributed by atoms with van der Waals surface area (Å²) in [5.74, 6) is 1.05. The molecule has 162 valence electrons. The first-order chi connectivity index (χ1) is 15.2. The maximum atomic E-state index is 12.4. The van der Waals surface area contributed by atoms with Gasteiger partial charge in [-0.1, -0.05) is 42.5 Å². The van der Waals surface area contributed by atoms with Crippen molar-refractivity contribution in [1.82, 2.24) is 19.8 Å². The fraction of sp³-hybridized carbons (Fsp3) is 0.440. The SMILES string of the molecule is O=C(CN1C[C@H]2C[C@@H](n3cnc4ccccc43)[C@H](O)C[C@H]2C1)NCCc1ccccc1. The number of imidazole rings is 1. The minimum absolute atomic E-state index is 0.0494. The van der Waals surface area contributed by atoms with Crippen LogP contribution < -0.4 is 5.32 Å².